The van der Waals surface area contributed by atoms with Crippen molar-refractivity contribution in [1.82, 2.24) is 5.32 Å². The third kappa shape index (κ3) is 4.06. The third-order valence-corrected chi connectivity index (χ3v) is 4.20. The minimum Gasteiger partial charge on any atom is -0.481 e. The van der Waals surface area contributed by atoms with E-state index in [2.05, 4.69) is 31.3 Å². The van der Waals surface area contributed by atoms with E-state index >= 15 is 0 Å². The lowest BCUT2D eigenvalue weighted by Gasteiger charge is -2.33. The van der Waals surface area contributed by atoms with Crippen molar-refractivity contribution in [1.29, 1.82) is 0 Å². The summed E-state index contributed by atoms with van der Waals surface area (Å²) in [6.45, 7) is 4.77. The van der Waals surface area contributed by atoms with Crippen LogP contribution in [0.1, 0.15) is 32.3 Å². The Balaban J connectivity index is 1.84. The van der Waals surface area contributed by atoms with Gasteiger partial charge in [-0.05, 0) is 30.2 Å². The highest BCUT2D eigenvalue weighted by molar-refractivity contribution is 5.86. The molecular formula is C17H23NO3. The van der Waals surface area contributed by atoms with Gasteiger partial charge in [0.05, 0.1) is 11.8 Å². The smallest absolute Gasteiger partial charge is 0.307 e. The summed E-state index contributed by atoms with van der Waals surface area (Å²) in [5.74, 6) is -1.82. The first-order chi connectivity index (χ1) is 9.89. The molecular weight excluding hydrogens is 266 g/mol. The topological polar surface area (TPSA) is 66.4 Å². The van der Waals surface area contributed by atoms with E-state index in [-0.39, 0.29) is 17.2 Å². The second kappa shape index (κ2) is 6.29. The number of amides is 1. The molecule has 21 heavy (non-hydrogen) atoms. The number of rotatable bonds is 6. The summed E-state index contributed by atoms with van der Waals surface area (Å²) in [7, 11) is 0. The Morgan fingerprint density at radius 2 is 1.81 bits per heavy atom. The summed E-state index contributed by atoms with van der Waals surface area (Å²) >= 11 is 0. The molecule has 1 amide bonds. The van der Waals surface area contributed by atoms with Crippen LogP contribution in [0.3, 0.4) is 0 Å². The van der Waals surface area contributed by atoms with E-state index in [1.807, 2.05) is 18.2 Å². The summed E-state index contributed by atoms with van der Waals surface area (Å²) in [5.41, 5.74) is 1.18. The average Bonchev–Trinajstić information content (AvgIpc) is 2.35. The fourth-order valence-electron chi connectivity index (χ4n) is 2.78. The Labute approximate surface area is 125 Å². The zero-order chi connectivity index (χ0) is 15.5. The molecule has 1 aliphatic carbocycles. The number of carboxylic acid groups (broad SMARTS) is 1. The number of carbonyl (C=O) groups is 2. The zero-order valence-corrected chi connectivity index (χ0v) is 12.6. The van der Waals surface area contributed by atoms with Gasteiger partial charge in [-0.1, -0.05) is 44.2 Å². The first-order valence-corrected chi connectivity index (χ1v) is 7.43. The zero-order valence-electron chi connectivity index (χ0n) is 12.6. The summed E-state index contributed by atoms with van der Waals surface area (Å²) in [4.78, 5) is 23.0. The fraction of sp³-hybridized carbons (Fsp3) is 0.529. The van der Waals surface area contributed by atoms with Crippen LogP contribution in [0.25, 0.3) is 0 Å². The molecule has 1 aliphatic rings. The quantitative estimate of drug-likeness (QED) is 0.845. The van der Waals surface area contributed by atoms with Gasteiger partial charge in [0.2, 0.25) is 5.91 Å². The van der Waals surface area contributed by atoms with Gasteiger partial charge in [0.25, 0.3) is 0 Å². The number of benzene rings is 1. The Morgan fingerprint density at radius 1 is 1.19 bits per heavy atom. The number of aliphatic carboxylic acids is 1. The third-order valence-electron chi connectivity index (χ3n) is 4.20. The van der Waals surface area contributed by atoms with E-state index in [4.69, 9.17) is 5.11 Å². The molecule has 0 radical (unpaired) electrons. The van der Waals surface area contributed by atoms with E-state index in [9.17, 15) is 9.59 Å². The number of carboxylic acids is 1. The maximum atomic E-state index is 12.1. The summed E-state index contributed by atoms with van der Waals surface area (Å²) < 4.78 is 0. The Bertz CT molecular complexity index is 510. The summed E-state index contributed by atoms with van der Waals surface area (Å²) in [5, 5.41) is 11.9. The first kappa shape index (κ1) is 15.5. The Kier molecular flexibility index (Phi) is 4.66. The van der Waals surface area contributed by atoms with Gasteiger partial charge in [0.1, 0.15) is 0 Å². The minimum atomic E-state index is -0.857. The van der Waals surface area contributed by atoms with Crippen LogP contribution < -0.4 is 5.32 Å². The van der Waals surface area contributed by atoms with Crippen molar-refractivity contribution in [2.45, 2.75) is 33.1 Å². The van der Waals surface area contributed by atoms with E-state index < -0.39 is 11.9 Å². The molecule has 2 unspecified atom stereocenters. The van der Waals surface area contributed by atoms with Gasteiger partial charge >= 0.3 is 5.97 Å². The van der Waals surface area contributed by atoms with Crippen molar-refractivity contribution in [3.63, 3.8) is 0 Å². The van der Waals surface area contributed by atoms with Crippen molar-refractivity contribution >= 4 is 11.9 Å². The average molecular weight is 289 g/mol. The van der Waals surface area contributed by atoms with Crippen LogP contribution in [0.15, 0.2) is 30.3 Å². The monoisotopic (exact) mass is 289 g/mol. The molecule has 114 valence electrons. The molecule has 0 bridgehead atoms. The van der Waals surface area contributed by atoms with E-state index in [1.165, 1.54) is 5.56 Å². The standard InChI is InChI=1S/C17H23NO3/c1-17(2,10-12-6-4-3-5-7-12)11-18-15(19)13-8-9-14(13)16(20)21/h3-7,13-14H,8-11H2,1-2H3,(H,18,19)(H,20,21). The lowest BCUT2D eigenvalue weighted by Crippen LogP contribution is -2.46. The van der Waals surface area contributed by atoms with Gasteiger partial charge in [0.15, 0.2) is 0 Å². The molecule has 4 heteroatoms. The first-order valence-electron chi connectivity index (χ1n) is 7.43. The molecule has 2 N–H and O–H groups in total. The predicted molar refractivity (Wildman–Crippen MR) is 80.8 cm³/mol. The van der Waals surface area contributed by atoms with Crippen LogP contribution in [-0.4, -0.2) is 23.5 Å². The molecule has 1 aromatic rings. The highest BCUT2D eigenvalue weighted by Crippen LogP contribution is 2.34. The molecule has 4 nitrogen and oxygen atoms in total. The molecule has 0 heterocycles. The van der Waals surface area contributed by atoms with Crippen LogP contribution >= 0.6 is 0 Å². The van der Waals surface area contributed by atoms with Crippen molar-refractivity contribution in [3.8, 4) is 0 Å². The second-order valence-electron chi connectivity index (χ2n) is 6.67. The molecule has 0 aliphatic heterocycles. The van der Waals surface area contributed by atoms with Gasteiger partial charge < -0.3 is 10.4 Å². The largest absolute Gasteiger partial charge is 0.481 e. The molecule has 0 aromatic heterocycles. The van der Waals surface area contributed by atoms with Crippen molar-refractivity contribution < 1.29 is 14.7 Å². The molecule has 1 aromatic carbocycles. The Morgan fingerprint density at radius 3 is 2.33 bits per heavy atom. The van der Waals surface area contributed by atoms with Crippen LogP contribution in [0.5, 0.6) is 0 Å². The highest BCUT2D eigenvalue weighted by atomic mass is 16.4. The summed E-state index contributed by atoms with van der Waals surface area (Å²) in [6, 6.07) is 10.2. The fourth-order valence-corrected chi connectivity index (χ4v) is 2.78. The highest BCUT2D eigenvalue weighted by Gasteiger charge is 2.41. The van der Waals surface area contributed by atoms with Gasteiger partial charge in [-0.25, -0.2) is 0 Å². The van der Waals surface area contributed by atoms with E-state index in [0.717, 1.165) is 6.42 Å². The maximum absolute atomic E-state index is 12.1. The molecule has 2 rings (SSSR count). The molecule has 0 spiro atoms. The van der Waals surface area contributed by atoms with E-state index in [0.29, 0.717) is 19.4 Å². The SMILES string of the molecule is CC(C)(CNC(=O)C1CCC1C(=O)O)Cc1ccccc1. The van der Waals surface area contributed by atoms with Crippen LogP contribution in [0.2, 0.25) is 0 Å². The minimum absolute atomic E-state index is 0.0561. The van der Waals surface area contributed by atoms with Crippen LogP contribution in [-0.2, 0) is 16.0 Å². The lowest BCUT2D eigenvalue weighted by atomic mass is 9.73. The number of hydrogen-bond acceptors (Lipinski definition) is 2. The van der Waals surface area contributed by atoms with Crippen molar-refractivity contribution in [2.75, 3.05) is 6.54 Å². The van der Waals surface area contributed by atoms with Crippen molar-refractivity contribution in [3.05, 3.63) is 35.9 Å². The lowest BCUT2D eigenvalue weighted by molar-refractivity contribution is -0.152. The van der Waals surface area contributed by atoms with Crippen LogP contribution in [0, 0.1) is 17.3 Å². The van der Waals surface area contributed by atoms with Gasteiger partial charge in [-0.15, -0.1) is 0 Å². The predicted octanol–water partition coefficient (Wildman–Crippen LogP) is 2.48. The number of nitrogens with one attached hydrogen (secondary N) is 1. The molecule has 1 saturated carbocycles. The number of hydrogen-bond donors (Lipinski definition) is 2. The van der Waals surface area contributed by atoms with Crippen molar-refractivity contribution in [2.24, 2.45) is 17.3 Å². The normalized spacial score (nSPS) is 21.4. The van der Waals surface area contributed by atoms with Crippen LogP contribution in [0.4, 0.5) is 0 Å². The Hall–Kier alpha value is -1.84. The maximum Gasteiger partial charge on any atom is 0.307 e. The molecule has 2 atom stereocenters. The van der Waals surface area contributed by atoms with E-state index in [1.54, 1.807) is 0 Å². The van der Waals surface area contributed by atoms with Gasteiger partial charge in [-0.3, -0.25) is 9.59 Å². The molecule has 1 fully saturated rings. The summed E-state index contributed by atoms with van der Waals surface area (Å²) in [6.07, 6.45) is 2.17. The molecule has 0 saturated heterocycles. The van der Waals surface area contributed by atoms with Gasteiger partial charge in [-0.2, -0.15) is 0 Å². The van der Waals surface area contributed by atoms with Gasteiger partial charge in [0, 0.05) is 6.54 Å². The number of carbonyl (C=O) groups excluding carboxylic acids is 1. The second-order valence-corrected chi connectivity index (χ2v) is 6.67.